The number of unbranched alkanes of at least 4 members (excludes halogenated alkanes) is 1. The van der Waals surface area contributed by atoms with Crippen LogP contribution >= 0.6 is 0 Å². The van der Waals surface area contributed by atoms with Gasteiger partial charge in [0.2, 0.25) is 0 Å². The molecule has 1 rings (SSSR count). The van der Waals surface area contributed by atoms with Crippen molar-refractivity contribution in [3.63, 3.8) is 0 Å². The number of hydrogen-bond donors (Lipinski definition) is 2. The fraction of sp³-hybridized carbons (Fsp3) is 0.471. The summed E-state index contributed by atoms with van der Waals surface area (Å²) in [5, 5.41) is 6.10. The lowest BCUT2D eigenvalue weighted by Gasteiger charge is -2.21. The average molecular weight is 317 g/mol. The van der Waals surface area contributed by atoms with E-state index in [0.29, 0.717) is 18.7 Å². The maximum Gasteiger partial charge on any atom is 0.252 e. The predicted octanol–water partition coefficient (Wildman–Crippen LogP) is 1.67. The van der Waals surface area contributed by atoms with Gasteiger partial charge in [-0.05, 0) is 31.9 Å². The van der Waals surface area contributed by atoms with Crippen LogP contribution in [0.25, 0.3) is 0 Å². The molecular weight excluding hydrogens is 290 g/mol. The van der Waals surface area contributed by atoms with Gasteiger partial charge < -0.3 is 15.5 Å². The second-order valence-electron chi connectivity index (χ2n) is 5.09. The lowest BCUT2D eigenvalue weighted by Crippen LogP contribution is -2.40. The van der Waals surface area contributed by atoms with Gasteiger partial charge in [0.05, 0.1) is 12.1 Å². The molecule has 1 amide bonds. The van der Waals surface area contributed by atoms with Gasteiger partial charge in [-0.3, -0.25) is 14.8 Å². The number of aliphatic imine (C=N–C) groups is 1. The minimum absolute atomic E-state index is 0.127. The number of rotatable bonds is 9. The van der Waals surface area contributed by atoms with Gasteiger partial charge in [0.1, 0.15) is 0 Å². The summed E-state index contributed by atoms with van der Waals surface area (Å²) in [4.78, 5) is 22.4. The molecular formula is C17H27N5O. The first-order valence-electron chi connectivity index (χ1n) is 7.97. The second-order valence-corrected chi connectivity index (χ2v) is 5.09. The van der Waals surface area contributed by atoms with Crippen LogP contribution in [0.5, 0.6) is 0 Å². The quantitative estimate of drug-likeness (QED) is 0.315. The summed E-state index contributed by atoms with van der Waals surface area (Å²) in [6, 6.07) is 3.48. The molecule has 0 aliphatic heterocycles. The van der Waals surface area contributed by atoms with E-state index in [4.69, 9.17) is 0 Å². The van der Waals surface area contributed by atoms with E-state index in [2.05, 4.69) is 32.1 Å². The van der Waals surface area contributed by atoms with Gasteiger partial charge in [-0.25, -0.2) is 0 Å². The zero-order valence-electron chi connectivity index (χ0n) is 14.1. The summed E-state index contributed by atoms with van der Waals surface area (Å²) in [6.07, 6.45) is 7.15. The predicted molar refractivity (Wildman–Crippen MR) is 94.6 cm³/mol. The first-order chi connectivity index (χ1) is 11.2. The molecule has 0 radical (unpaired) electrons. The molecule has 1 aromatic rings. The highest BCUT2D eigenvalue weighted by Crippen LogP contribution is 1.96. The van der Waals surface area contributed by atoms with E-state index in [1.54, 1.807) is 24.5 Å². The molecule has 23 heavy (non-hydrogen) atoms. The fourth-order valence-electron chi connectivity index (χ4n) is 1.98. The summed E-state index contributed by atoms with van der Waals surface area (Å²) in [5.74, 6) is 0.727. The van der Waals surface area contributed by atoms with Gasteiger partial charge in [-0.2, -0.15) is 0 Å². The Morgan fingerprint density at radius 1 is 1.48 bits per heavy atom. The molecule has 0 unspecified atom stereocenters. The molecule has 0 saturated heterocycles. The molecule has 6 nitrogen and oxygen atoms in total. The molecule has 0 aliphatic rings. The van der Waals surface area contributed by atoms with Crippen molar-refractivity contribution in [3.8, 4) is 0 Å². The first kappa shape index (κ1) is 18.7. The van der Waals surface area contributed by atoms with Crippen molar-refractivity contribution in [2.45, 2.75) is 19.8 Å². The van der Waals surface area contributed by atoms with Crippen molar-refractivity contribution in [1.29, 1.82) is 0 Å². The van der Waals surface area contributed by atoms with Gasteiger partial charge >= 0.3 is 0 Å². The minimum atomic E-state index is -0.127. The van der Waals surface area contributed by atoms with Crippen LogP contribution in [-0.4, -0.2) is 55.0 Å². The highest BCUT2D eigenvalue weighted by atomic mass is 16.1. The number of aromatic nitrogens is 1. The zero-order chi connectivity index (χ0) is 16.9. The van der Waals surface area contributed by atoms with Crippen molar-refractivity contribution in [2.24, 2.45) is 4.99 Å². The molecule has 0 aliphatic carbocycles. The summed E-state index contributed by atoms with van der Waals surface area (Å²) in [7, 11) is 2.01. The highest BCUT2D eigenvalue weighted by molar-refractivity contribution is 5.93. The molecule has 1 heterocycles. The van der Waals surface area contributed by atoms with Crippen LogP contribution in [0.1, 0.15) is 30.1 Å². The Kier molecular flexibility index (Phi) is 9.12. The maximum atomic E-state index is 11.9. The minimum Gasteiger partial charge on any atom is -0.357 e. The molecule has 0 fully saturated rings. The lowest BCUT2D eigenvalue weighted by atomic mass is 10.3. The van der Waals surface area contributed by atoms with E-state index < -0.39 is 0 Å². The third kappa shape index (κ3) is 7.44. The Labute approximate surface area is 138 Å². The largest absolute Gasteiger partial charge is 0.357 e. The number of nitrogens with one attached hydrogen (secondary N) is 2. The van der Waals surface area contributed by atoms with Crippen molar-refractivity contribution in [1.82, 2.24) is 20.5 Å². The van der Waals surface area contributed by atoms with E-state index in [1.807, 2.05) is 20.0 Å². The van der Waals surface area contributed by atoms with Crippen molar-refractivity contribution in [3.05, 3.63) is 42.7 Å². The van der Waals surface area contributed by atoms with Crippen LogP contribution in [0.2, 0.25) is 0 Å². The number of nitrogens with zero attached hydrogens (tertiary/aromatic N) is 3. The van der Waals surface area contributed by atoms with Crippen LogP contribution in [-0.2, 0) is 0 Å². The monoisotopic (exact) mass is 317 g/mol. The summed E-state index contributed by atoms with van der Waals surface area (Å²) < 4.78 is 0. The van der Waals surface area contributed by atoms with E-state index in [0.717, 1.165) is 31.9 Å². The summed E-state index contributed by atoms with van der Waals surface area (Å²) in [5.41, 5.74) is 0.560. The number of carbonyl (C=O) groups is 1. The first-order valence-corrected chi connectivity index (χ1v) is 7.97. The third-order valence-corrected chi connectivity index (χ3v) is 3.18. The van der Waals surface area contributed by atoms with Crippen LogP contribution in [0.15, 0.2) is 42.2 Å². The smallest absolute Gasteiger partial charge is 0.252 e. The van der Waals surface area contributed by atoms with Gasteiger partial charge in [0, 0.05) is 39.1 Å². The Balaban J connectivity index is 2.41. The van der Waals surface area contributed by atoms with Crippen LogP contribution in [0, 0.1) is 0 Å². The maximum absolute atomic E-state index is 11.9. The molecule has 1 aromatic heterocycles. The summed E-state index contributed by atoms with van der Waals surface area (Å²) in [6.45, 7) is 8.52. The number of allylic oxidation sites excluding steroid dienone is 1. The highest BCUT2D eigenvalue weighted by Gasteiger charge is 2.06. The Bertz CT molecular complexity index is 501. The van der Waals surface area contributed by atoms with Crippen LogP contribution in [0.4, 0.5) is 0 Å². The molecule has 0 atom stereocenters. The van der Waals surface area contributed by atoms with Crippen molar-refractivity contribution < 1.29 is 4.79 Å². The summed E-state index contributed by atoms with van der Waals surface area (Å²) >= 11 is 0. The zero-order valence-corrected chi connectivity index (χ0v) is 14.1. The number of hydrogen-bond acceptors (Lipinski definition) is 3. The second kappa shape index (κ2) is 11.2. The van der Waals surface area contributed by atoms with Crippen molar-refractivity contribution >= 4 is 11.9 Å². The molecule has 126 valence electrons. The number of amides is 1. The van der Waals surface area contributed by atoms with Gasteiger partial charge in [-0.15, -0.1) is 6.58 Å². The van der Waals surface area contributed by atoms with Gasteiger partial charge in [0.25, 0.3) is 5.91 Å². The molecule has 0 saturated carbocycles. The van der Waals surface area contributed by atoms with Crippen LogP contribution in [0.3, 0.4) is 0 Å². The molecule has 6 heteroatoms. The molecule has 0 aromatic carbocycles. The number of pyridine rings is 1. The Hall–Kier alpha value is -2.37. The third-order valence-electron chi connectivity index (χ3n) is 3.18. The van der Waals surface area contributed by atoms with Crippen LogP contribution < -0.4 is 10.6 Å². The van der Waals surface area contributed by atoms with Crippen molar-refractivity contribution in [2.75, 3.05) is 33.2 Å². The fourth-order valence-corrected chi connectivity index (χ4v) is 1.98. The van der Waals surface area contributed by atoms with E-state index in [9.17, 15) is 4.79 Å². The number of guanidine groups is 1. The van der Waals surface area contributed by atoms with E-state index in [1.165, 1.54) is 0 Å². The van der Waals surface area contributed by atoms with Gasteiger partial charge in [0.15, 0.2) is 5.96 Å². The molecule has 0 spiro atoms. The van der Waals surface area contributed by atoms with Gasteiger partial charge in [-0.1, -0.05) is 6.08 Å². The van der Waals surface area contributed by atoms with E-state index in [-0.39, 0.29) is 5.91 Å². The molecule has 0 bridgehead atoms. The van der Waals surface area contributed by atoms with E-state index >= 15 is 0 Å². The number of carbonyl (C=O) groups excluding carboxylic acids is 1. The SMILES string of the molecule is C=CCCCN(C)C(=NCCNC(=O)c1cccnc1)NCC. The molecule has 2 N–H and O–H groups in total. The normalized spacial score (nSPS) is 11.0. The average Bonchev–Trinajstić information content (AvgIpc) is 2.58. The Morgan fingerprint density at radius 3 is 2.96 bits per heavy atom. The Morgan fingerprint density at radius 2 is 2.30 bits per heavy atom. The standard InChI is InChI=1S/C17H27N5O/c1-4-6-7-13-22(3)17(19-5-2)21-12-11-20-16(23)15-9-8-10-18-14-15/h4,8-10,14H,1,5-7,11-13H2,2-3H3,(H,19,21)(H,20,23). The topological polar surface area (TPSA) is 69.6 Å². The lowest BCUT2D eigenvalue weighted by molar-refractivity contribution is 0.0954.